The standard InChI is InChI=1S/C12H24N4O2S2/c1-5-8-20(17,18)10-11(13)15-19-12(10)14-6-7-16(4)9(2)3/h9,14H,5-8H2,1-4H3,(H2,13,15). The maximum absolute atomic E-state index is 12.2. The molecule has 0 aliphatic carbocycles. The summed E-state index contributed by atoms with van der Waals surface area (Å²) in [6.07, 6.45) is 0.563. The smallest absolute Gasteiger partial charge is 0.185 e. The van der Waals surface area contributed by atoms with Crippen LogP contribution >= 0.6 is 11.5 Å². The second-order valence-electron chi connectivity index (χ2n) is 5.05. The van der Waals surface area contributed by atoms with Crippen LogP contribution in [-0.4, -0.2) is 49.6 Å². The van der Waals surface area contributed by atoms with Crippen molar-refractivity contribution in [2.24, 2.45) is 0 Å². The van der Waals surface area contributed by atoms with Gasteiger partial charge < -0.3 is 16.0 Å². The minimum absolute atomic E-state index is 0.0934. The molecule has 0 amide bonds. The van der Waals surface area contributed by atoms with Gasteiger partial charge in [0.2, 0.25) is 0 Å². The van der Waals surface area contributed by atoms with E-state index < -0.39 is 9.84 Å². The molecule has 3 N–H and O–H groups in total. The molecular weight excluding hydrogens is 296 g/mol. The fourth-order valence-electron chi connectivity index (χ4n) is 1.68. The third-order valence-electron chi connectivity index (χ3n) is 3.09. The first-order chi connectivity index (χ1) is 9.29. The van der Waals surface area contributed by atoms with Gasteiger partial charge >= 0.3 is 0 Å². The Hall–Kier alpha value is -0.860. The predicted octanol–water partition coefficient (Wildman–Crippen LogP) is 1.66. The number of aromatic nitrogens is 1. The lowest BCUT2D eigenvalue weighted by Gasteiger charge is -2.21. The Morgan fingerprint density at radius 2 is 2.10 bits per heavy atom. The molecule has 0 bridgehead atoms. The average Bonchev–Trinajstić information content (AvgIpc) is 2.71. The van der Waals surface area contributed by atoms with Crippen LogP contribution < -0.4 is 11.1 Å². The summed E-state index contributed by atoms with van der Waals surface area (Å²) in [7, 11) is -1.32. The Morgan fingerprint density at radius 1 is 1.45 bits per heavy atom. The summed E-state index contributed by atoms with van der Waals surface area (Å²) >= 11 is 1.11. The summed E-state index contributed by atoms with van der Waals surface area (Å²) in [5, 5.41) is 3.69. The van der Waals surface area contributed by atoms with E-state index in [2.05, 4.69) is 28.4 Å². The SMILES string of the molecule is CCCS(=O)(=O)c1c(N)nsc1NCCN(C)C(C)C. The Kier molecular flexibility index (Phi) is 6.22. The van der Waals surface area contributed by atoms with Crippen molar-refractivity contribution >= 4 is 32.2 Å². The van der Waals surface area contributed by atoms with Crippen molar-refractivity contribution < 1.29 is 8.42 Å². The van der Waals surface area contributed by atoms with Crippen molar-refractivity contribution in [3.63, 3.8) is 0 Å². The normalized spacial score (nSPS) is 12.3. The quantitative estimate of drug-likeness (QED) is 0.757. The molecule has 0 saturated heterocycles. The Morgan fingerprint density at radius 3 is 2.65 bits per heavy atom. The molecule has 20 heavy (non-hydrogen) atoms. The number of hydrogen-bond donors (Lipinski definition) is 2. The number of nitrogens with zero attached hydrogens (tertiary/aromatic N) is 2. The molecule has 1 rings (SSSR count). The van der Waals surface area contributed by atoms with Gasteiger partial charge in [-0.05, 0) is 38.8 Å². The van der Waals surface area contributed by atoms with Crippen molar-refractivity contribution in [2.75, 3.05) is 36.9 Å². The molecule has 0 aromatic carbocycles. The molecule has 8 heteroatoms. The number of nitrogens with two attached hydrogens (primary N) is 1. The lowest BCUT2D eigenvalue weighted by molar-refractivity contribution is 0.284. The van der Waals surface area contributed by atoms with Gasteiger partial charge in [-0.25, -0.2) is 8.42 Å². The molecule has 0 radical (unpaired) electrons. The highest BCUT2D eigenvalue weighted by Crippen LogP contribution is 2.32. The van der Waals surface area contributed by atoms with Gasteiger partial charge in [0.15, 0.2) is 15.7 Å². The molecule has 0 saturated carbocycles. The molecule has 116 valence electrons. The second kappa shape index (κ2) is 7.24. The van der Waals surface area contributed by atoms with Crippen LogP contribution in [-0.2, 0) is 9.84 Å². The number of anilines is 2. The lowest BCUT2D eigenvalue weighted by Crippen LogP contribution is -2.31. The molecule has 0 fully saturated rings. The van der Waals surface area contributed by atoms with Crippen LogP contribution in [0.15, 0.2) is 4.90 Å². The Labute approximate surface area is 125 Å². The van der Waals surface area contributed by atoms with Crippen LogP contribution in [0.25, 0.3) is 0 Å². The van der Waals surface area contributed by atoms with Gasteiger partial charge in [0.05, 0.1) is 5.75 Å². The minimum atomic E-state index is -3.35. The van der Waals surface area contributed by atoms with E-state index in [1.165, 1.54) is 0 Å². The van der Waals surface area contributed by atoms with Gasteiger partial charge in [0.1, 0.15) is 9.90 Å². The van der Waals surface area contributed by atoms with Crippen LogP contribution in [0.4, 0.5) is 10.8 Å². The van der Waals surface area contributed by atoms with Crippen molar-refractivity contribution in [3.8, 4) is 0 Å². The van der Waals surface area contributed by atoms with E-state index >= 15 is 0 Å². The molecule has 0 atom stereocenters. The van der Waals surface area contributed by atoms with E-state index in [9.17, 15) is 8.42 Å². The number of nitrogen functional groups attached to an aromatic ring is 1. The number of likely N-dealkylation sites (N-methyl/N-ethyl adjacent to an activating group) is 1. The fraction of sp³-hybridized carbons (Fsp3) is 0.750. The summed E-state index contributed by atoms with van der Waals surface area (Å²) in [6.45, 7) is 7.54. The Bertz CT molecular complexity index is 526. The van der Waals surface area contributed by atoms with Crippen LogP contribution in [0, 0.1) is 0 Å². The number of hydrogen-bond acceptors (Lipinski definition) is 7. The highest BCUT2D eigenvalue weighted by atomic mass is 32.2. The summed E-state index contributed by atoms with van der Waals surface area (Å²) in [5.74, 6) is 0.194. The molecule has 1 aromatic heterocycles. The first-order valence-corrected chi connectivity index (χ1v) is 9.14. The van der Waals surface area contributed by atoms with Crippen LogP contribution in [0.1, 0.15) is 27.2 Å². The molecule has 1 heterocycles. The fourth-order valence-corrected chi connectivity index (χ4v) is 4.33. The van der Waals surface area contributed by atoms with Gasteiger partial charge in [-0.3, -0.25) is 0 Å². The summed E-state index contributed by atoms with van der Waals surface area (Å²) in [4.78, 5) is 2.34. The third-order valence-corrected chi connectivity index (χ3v) is 6.02. The van der Waals surface area contributed by atoms with Gasteiger partial charge in [-0.1, -0.05) is 6.92 Å². The van der Waals surface area contributed by atoms with Crippen molar-refractivity contribution in [3.05, 3.63) is 0 Å². The van der Waals surface area contributed by atoms with E-state index in [1.807, 2.05) is 14.0 Å². The van der Waals surface area contributed by atoms with E-state index in [-0.39, 0.29) is 16.5 Å². The highest BCUT2D eigenvalue weighted by molar-refractivity contribution is 7.91. The first-order valence-electron chi connectivity index (χ1n) is 6.71. The molecule has 0 spiro atoms. The molecule has 0 aliphatic rings. The van der Waals surface area contributed by atoms with E-state index in [0.717, 1.165) is 18.1 Å². The summed E-state index contributed by atoms with van der Waals surface area (Å²) < 4.78 is 28.3. The van der Waals surface area contributed by atoms with E-state index in [4.69, 9.17) is 5.73 Å². The zero-order valence-electron chi connectivity index (χ0n) is 12.5. The predicted molar refractivity (Wildman–Crippen MR) is 85.1 cm³/mol. The topological polar surface area (TPSA) is 88.3 Å². The van der Waals surface area contributed by atoms with Crippen molar-refractivity contribution in [1.82, 2.24) is 9.27 Å². The molecule has 6 nitrogen and oxygen atoms in total. The number of rotatable bonds is 8. The zero-order chi connectivity index (χ0) is 15.3. The first kappa shape index (κ1) is 17.2. The lowest BCUT2D eigenvalue weighted by atomic mass is 10.3. The van der Waals surface area contributed by atoms with Crippen LogP contribution in [0.3, 0.4) is 0 Å². The van der Waals surface area contributed by atoms with Crippen LogP contribution in [0.5, 0.6) is 0 Å². The number of nitrogens with one attached hydrogen (secondary N) is 1. The van der Waals surface area contributed by atoms with Gasteiger partial charge in [-0.2, -0.15) is 4.37 Å². The minimum Gasteiger partial charge on any atom is -0.382 e. The monoisotopic (exact) mass is 320 g/mol. The molecule has 0 unspecified atom stereocenters. The van der Waals surface area contributed by atoms with E-state index in [0.29, 0.717) is 24.0 Å². The third kappa shape index (κ3) is 4.32. The molecule has 1 aromatic rings. The van der Waals surface area contributed by atoms with E-state index in [1.54, 1.807) is 0 Å². The summed E-state index contributed by atoms with van der Waals surface area (Å²) in [5.41, 5.74) is 5.71. The summed E-state index contributed by atoms with van der Waals surface area (Å²) in [6, 6.07) is 0.451. The number of sulfone groups is 1. The van der Waals surface area contributed by atoms with Crippen molar-refractivity contribution in [2.45, 2.75) is 38.1 Å². The highest BCUT2D eigenvalue weighted by Gasteiger charge is 2.24. The van der Waals surface area contributed by atoms with Gasteiger partial charge in [-0.15, -0.1) is 0 Å². The largest absolute Gasteiger partial charge is 0.382 e. The maximum Gasteiger partial charge on any atom is 0.185 e. The van der Waals surface area contributed by atoms with Gasteiger partial charge in [0, 0.05) is 19.1 Å². The Balaban J connectivity index is 2.78. The van der Waals surface area contributed by atoms with Gasteiger partial charge in [0.25, 0.3) is 0 Å². The molecule has 0 aliphatic heterocycles. The second-order valence-corrected chi connectivity index (χ2v) is 7.87. The van der Waals surface area contributed by atoms with Crippen molar-refractivity contribution in [1.29, 1.82) is 0 Å². The average molecular weight is 320 g/mol. The zero-order valence-corrected chi connectivity index (χ0v) is 14.1. The maximum atomic E-state index is 12.2. The molecular formula is C12H24N4O2S2. The van der Waals surface area contributed by atoms with Crippen LogP contribution in [0.2, 0.25) is 0 Å².